The Morgan fingerprint density at radius 2 is 1.36 bits per heavy atom. The van der Waals surface area contributed by atoms with Gasteiger partial charge in [0.15, 0.2) is 5.78 Å². The third-order valence-corrected chi connectivity index (χ3v) is 7.05. The molecule has 178 valence electrons. The molecular weight excluding hydrogens is 402 g/mol. The van der Waals surface area contributed by atoms with E-state index in [1.165, 1.54) is 32.7 Å². The van der Waals surface area contributed by atoms with Gasteiger partial charge < -0.3 is 0 Å². The maximum absolute atomic E-state index is 13.7. The summed E-state index contributed by atoms with van der Waals surface area (Å²) in [7, 11) is 0. The predicted molar refractivity (Wildman–Crippen MR) is 145 cm³/mol. The van der Waals surface area contributed by atoms with E-state index in [4.69, 9.17) is 0 Å². The molecule has 0 aliphatic heterocycles. The van der Waals surface area contributed by atoms with Crippen LogP contribution < -0.4 is 0 Å². The average molecular weight is 446 g/mol. The number of benzene rings is 3. The van der Waals surface area contributed by atoms with Crippen molar-refractivity contribution < 1.29 is 4.79 Å². The summed E-state index contributed by atoms with van der Waals surface area (Å²) >= 11 is 0. The van der Waals surface area contributed by atoms with Gasteiger partial charge in [0.05, 0.1) is 6.04 Å². The van der Waals surface area contributed by atoms with Crippen LogP contribution in [0.2, 0.25) is 0 Å². The van der Waals surface area contributed by atoms with Gasteiger partial charge in [0.2, 0.25) is 0 Å². The smallest absolute Gasteiger partial charge is 0.179 e. The zero-order chi connectivity index (χ0) is 24.3. The van der Waals surface area contributed by atoms with Gasteiger partial charge in [-0.15, -0.1) is 0 Å². The first-order chi connectivity index (χ1) is 15.6. The number of hydrogen-bond donors (Lipinski definition) is 0. The van der Waals surface area contributed by atoms with Gasteiger partial charge in [0.1, 0.15) is 0 Å². The first kappa shape index (κ1) is 25.4. The molecule has 3 rings (SSSR count). The molecule has 3 aromatic rings. The maximum atomic E-state index is 13.7. The van der Waals surface area contributed by atoms with Crippen molar-refractivity contribution in [1.82, 2.24) is 4.90 Å². The second kappa shape index (κ2) is 10.8. The lowest BCUT2D eigenvalue weighted by molar-refractivity contribution is 0.0823. The highest BCUT2D eigenvalue weighted by molar-refractivity contribution is 6.12. The van der Waals surface area contributed by atoms with Crippen LogP contribution >= 0.6 is 0 Å². The summed E-state index contributed by atoms with van der Waals surface area (Å²) in [6, 6.07) is 15.3. The molecule has 1 atom stereocenters. The minimum Gasteiger partial charge on any atom is -0.293 e. The van der Waals surface area contributed by atoms with E-state index >= 15 is 0 Å². The molecule has 2 nitrogen and oxygen atoms in total. The standard InChI is InChI=1S/C31H43NO/c1-20(2)13-15-32(16-14-21(3)4)24(8)31(33)27-17-23(7)28-11-10-26-18-25(22(5)6)9-12-29(26)30(28)19-27/h9-12,17-22,24H,13-16H2,1-8H3. The second-order valence-electron chi connectivity index (χ2n) is 11.0. The summed E-state index contributed by atoms with van der Waals surface area (Å²) in [6.07, 6.45) is 2.24. The molecule has 0 aromatic heterocycles. The minimum absolute atomic E-state index is 0.109. The quantitative estimate of drug-likeness (QED) is 0.231. The molecule has 0 amide bonds. The maximum Gasteiger partial charge on any atom is 0.179 e. The SMILES string of the molecule is Cc1cc(C(=O)C(C)N(CCC(C)C)CCC(C)C)cc2c1ccc1cc(C(C)C)ccc12. The Morgan fingerprint density at radius 3 is 1.94 bits per heavy atom. The molecule has 0 bridgehead atoms. The molecule has 0 aliphatic rings. The van der Waals surface area contributed by atoms with Crippen LogP contribution in [0.3, 0.4) is 0 Å². The Balaban J connectivity index is 1.99. The van der Waals surface area contributed by atoms with Crippen molar-refractivity contribution in [1.29, 1.82) is 0 Å². The largest absolute Gasteiger partial charge is 0.293 e. The van der Waals surface area contributed by atoms with Crippen molar-refractivity contribution in [2.24, 2.45) is 11.8 Å². The summed E-state index contributed by atoms with van der Waals surface area (Å²) in [4.78, 5) is 16.1. The third-order valence-electron chi connectivity index (χ3n) is 7.05. The van der Waals surface area contributed by atoms with E-state index in [9.17, 15) is 4.79 Å². The first-order valence-corrected chi connectivity index (χ1v) is 12.8. The Hall–Kier alpha value is -2.19. The number of carbonyl (C=O) groups is 1. The number of ketones is 1. The predicted octanol–water partition coefficient (Wildman–Crippen LogP) is 8.39. The lowest BCUT2D eigenvalue weighted by Crippen LogP contribution is -2.41. The van der Waals surface area contributed by atoms with E-state index in [2.05, 4.69) is 103 Å². The summed E-state index contributed by atoms with van der Waals surface area (Å²) in [5, 5.41) is 4.91. The van der Waals surface area contributed by atoms with Crippen LogP contribution in [0.4, 0.5) is 0 Å². The van der Waals surface area contributed by atoms with E-state index in [1.54, 1.807) is 0 Å². The Bertz CT molecular complexity index is 1100. The molecule has 0 heterocycles. The van der Waals surface area contributed by atoms with Crippen LogP contribution in [0.15, 0.2) is 42.5 Å². The monoisotopic (exact) mass is 445 g/mol. The highest BCUT2D eigenvalue weighted by Crippen LogP contribution is 2.31. The van der Waals surface area contributed by atoms with E-state index in [0.29, 0.717) is 17.8 Å². The first-order valence-electron chi connectivity index (χ1n) is 12.8. The third kappa shape index (κ3) is 6.03. The molecule has 1 unspecified atom stereocenters. The summed E-state index contributed by atoms with van der Waals surface area (Å²) in [5.74, 6) is 2.02. The second-order valence-corrected chi connectivity index (χ2v) is 11.0. The number of rotatable bonds is 10. The van der Waals surface area contributed by atoms with Gasteiger partial charge >= 0.3 is 0 Å². The number of nitrogens with zero attached hydrogens (tertiary/aromatic N) is 1. The average Bonchev–Trinajstić information content (AvgIpc) is 2.77. The molecule has 0 aliphatic carbocycles. The van der Waals surface area contributed by atoms with Crippen LogP contribution in [-0.2, 0) is 0 Å². The van der Waals surface area contributed by atoms with Gasteiger partial charge in [0.25, 0.3) is 0 Å². The van der Waals surface area contributed by atoms with Crippen molar-refractivity contribution in [2.45, 2.75) is 80.2 Å². The number of aryl methyl sites for hydroxylation is 1. The molecule has 0 N–H and O–H groups in total. The molecule has 33 heavy (non-hydrogen) atoms. The lowest BCUT2D eigenvalue weighted by Gasteiger charge is -2.29. The van der Waals surface area contributed by atoms with Crippen LogP contribution in [0.1, 0.15) is 88.7 Å². The van der Waals surface area contributed by atoms with Crippen molar-refractivity contribution >= 4 is 27.3 Å². The Morgan fingerprint density at radius 1 is 0.758 bits per heavy atom. The number of fused-ring (bicyclic) bond motifs is 3. The summed E-state index contributed by atoms with van der Waals surface area (Å²) in [6.45, 7) is 19.7. The van der Waals surface area contributed by atoms with Gasteiger partial charge in [-0.3, -0.25) is 9.69 Å². The van der Waals surface area contributed by atoms with Gasteiger partial charge in [-0.1, -0.05) is 71.9 Å². The topological polar surface area (TPSA) is 20.3 Å². The number of Topliss-reactive ketones (excluding diaryl/α,β-unsaturated/α-hetero) is 1. The van der Waals surface area contributed by atoms with Gasteiger partial charge in [-0.25, -0.2) is 0 Å². The normalized spacial score (nSPS) is 13.2. The van der Waals surface area contributed by atoms with Crippen LogP contribution in [0, 0.1) is 18.8 Å². The van der Waals surface area contributed by atoms with Gasteiger partial charge in [-0.2, -0.15) is 0 Å². The van der Waals surface area contributed by atoms with Crippen molar-refractivity contribution in [3.8, 4) is 0 Å². The zero-order valence-electron chi connectivity index (χ0n) is 22.0. The van der Waals surface area contributed by atoms with E-state index in [-0.39, 0.29) is 11.8 Å². The molecule has 0 saturated carbocycles. The van der Waals surface area contributed by atoms with Crippen LogP contribution in [0.5, 0.6) is 0 Å². The fourth-order valence-corrected chi connectivity index (χ4v) is 4.64. The molecule has 0 saturated heterocycles. The molecule has 0 spiro atoms. The molecule has 3 aromatic carbocycles. The number of hydrogen-bond acceptors (Lipinski definition) is 2. The highest BCUT2D eigenvalue weighted by Gasteiger charge is 2.23. The molecule has 2 heteroatoms. The van der Waals surface area contributed by atoms with Crippen LogP contribution in [-0.4, -0.2) is 29.8 Å². The summed E-state index contributed by atoms with van der Waals surface area (Å²) < 4.78 is 0. The minimum atomic E-state index is -0.109. The Labute approximate surface area is 201 Å². The zero-order valence-corrected chi connectivity index (χ0v) is 22.0. The van der Waals surface area contributed by atoms with Crippen molar-refractivity contribution in [2.75, 3.05) is 13.1 Å². The van der Waals surface area contributed by atoms with E-state index in [0.717, 1.165) is 31.5 Å². The van der Waals surface area contributed by atoms with Crippen molar-refractivity contribution in [3.05, 3.63) is 59.2 Å². The molecule has 0 radical (unpaired) electrons. The number of carbonyl (C=O) groups excluding carboxylic acids is 1. The van der Waals surface area contributed by atoms with Crippen LogP contribution in [0.25, 0.3) is 21.5 Å². The fourth-order valence-electron chi connectivity index (χ4n) is 4.64. The van der Waals surface area contributed by atoms with E-state index < -0.39 is 0 Å². The fraction of sp³-hybridized carbons (Fsp3) is 0.516. The van der Waals surface area contributed by atoms with E-state index in [1.807, 2.05) is 0 Å². The van der Waals surface area contributed by atoms with Gasteiger partial charge in [0, 0.05) is 5.56 Å². The highest BCUT2D eigenvalue weighted by atomic mass is 16.1. The Kier molecular flexibility index (Phi) is 8.34. The van der Waals surface area contributed by atoms with Gasteiger partial charge in [-0.05, 0) is 102 Å². The summed E-state index contributed by atoms with van der Waals surface area (Å²) in [5.41, 5.74) is 3.37. The lowest BCUT2D eigenvalue weighted by atomic mass is 9.92. The molecule has 0 fully saturated rings. The van der Waals surface area contributed by atoms with Crippen molar-refractivity contribution in [3.63, 3.8) is 0 Å². The molecular formula is C31H43NO.